The van der Waals surface area contributed by atoms with Crippen LogP contribution in [0.2, 0.25) is 0 Å². The summed E-state index contributed by atoms with van der Waals surface area (Å²) in [5.41, 5.74) is 3.02. The van der Waals surface area contributed by atoms with Crippen molar-refractivity contribution in [2.45, 2.75) is 0 Å². The van der Waals surface area contributed by atoms with Gasteiger partial charge in [-0.25, -0.2) is 12.7 Å². The van der Waals surface area contributed by atoms with E-state index in [1.54, 1.807) is 36.4 Å². The van der Waals surface area contributed by atoms with Crippen LogP contribution in [0.1, 0.15) is 15.9 Å². The molecule has 0 saturated heterocycles. The van der Waals surface area contributed by atoms with Crippen LogP contribution in [0.5, 0.6) is 0 Å². The number of rotatable bonds is 3. The molecule has 1 amide bonds. The van der Waals surface area contributed by atoms with E-state index >= 15 is 0 Å². The van der Waals surface area contributed by atoms with Crippen LogP contribution in [0.25, 0.3) is 21.9 Å². The van der Waals surface area contributed by atoms with Gasteiger partial charge < -0.3 is 0 Å². The Morgan fingerprint density at radius 1 is 0.840 bits per heavy atom. The summed E-state index contributed by atoms with van der Waals surface area (Å²) in [6, 6.07) is 15.8. The monoisotopic (exact) mass is 351 g/mol. The molecule has 0 saturated carbocycles. The van der Waals surface area contributed by atoms with Crippen LogP contribution < -0.4 is 4.31 Å². The minimum absolute atomic E-state index is 0.108. The van der Waals surface area contributed by atoms with Gasteiger partial charge in [0.15, 0.2) is 5.78 Å². The molecule has 4 rings (SSSR count). The lowest BCUT2D eigenvalue weighted by atomic mass is 9.82. The maximum absolute atomic E-state index is 12.8. The van der Waals surface area contributed by atoms with Crippen LogP contribution in [0, 0.1) is 0 Å². The molecular weight excluding hydrogens is 338 g/mol. The number of carbonyl (C=O) groups is 2. The zero-order valence-electron chi connectivity index (χ0n) is 13.3. The predicted molar refractivity (Wildman–Crippen MR) is 96.2 cm³/mol. The van der Waals surface area contributed by atoms with Gasteiger partial charge in [0, 0.05) is 21.9 Å². The van der Waals surface area contributed by atoms with Gasteiger partial charge >= 0.3 is 0 Å². The lowest BCUT2D eigenvalue weighted by Gasteiger charge is -2.23. The average Bonchev–Trinajstić information content (AvgIpc) is 2.59. The first-order valence-corrected chi connectivity index (χ1v) is 9.43. The van der Waals surface area contributed by atoms with Crippen LogP contribution in [0.3, 0.4) is 0 Å². The Hall–Kier alpha value is -2.99. The Morgan fingerprint density at radius 3 is 2.20 bits per heavy atom. The van der Waals surface area contributed by atoms with Crippen molar-refractivity contribution in [3.8, 4) is 11.1 Å². The lowest BCUT2D eigenvalue weighted by molar-refractivity contribution is -0.106. The Balaban J connectivity index is 2.14. The van der Waals surface area contributed by atoms with Gasteiger partial charge in [-0.3, -0.25) is 9.59 Å². The SMILES string of the molecule is CS(=O)(=O)N(C=O)c1ccc2c3c(cccc13)C(=O)c1ccccc1-2. The predicted octanol–water partition coefficient (Wildman–Crippen LogP) is 2.97. The fraction of sp³-hybridized carbons (Fsp3) is 0.0526. The molecule has 124 valence electrons. The third-order valence-electron chi connectivity index (χ3n) is 4.41. The molecule has 0 aromatic heterocycles. The molecule has 0 unspecified atom stereocenters. The molecular formula is C19H13NO4S. The van der Waals surface area contributed by atoms with E-state index in [-0.39, 0.29) is 17.9 Å². The summed E-state index contributed by atoms with van der Waals surface area (Å²) in [6.07, 6.45) is 1.25. The van der Waals surface area contributed by atoms with E-state index < -0.39 is 10.0 Å². The summed E-state index contributed by atoms with van der Waals surface area (Å²) in [7, 11) is -3.77. The number of fused-ring (bicyclic) bond motifs is 2. The van der Waals surface area contributed by atoms with Crippen molar-refractivity contribution in [3.63, 3.8) is 0 Å². The van der Waals surface area contributed by atoms with E-state index in [4.69, 9.17) is 0 Å². The lowest BCUT2D eigenvalue weighted by Crippen LogP contribution is -2.28. The zero-order chi connectivity index (χ0) is 17.8. The highest BCUT2D eigenvalue weighted by Gasteiger charge is 2.27. The highest BCUT2D eigenvalue weighted by atomic mass is 32.2. The van der Waals surface area contributed by atoms with Crippen LogP contribution in [-0.2, 0) is 14.8 Å². The fourth-order valence-electron chi connectivity index (χ4n) is 3.37. The van der Waals surface area contributed by atoms with Gasteiger partial charge in [0.1, 0.15) is 0 Å². The summed E-state index contributed by atoms with van der Waals surface area (Å²) < 4.78 is 24.6. The molecule has 3 aromatic rings. The number of hydrogen-bond donors (Lipinski definition) is 0. The van der Waals surface area contributed by atoms with Gasteiger partial charge in [0.2, 0.25) is 16.4 Å². The molecule has 0 aliphatic heterocycles. The quantitative estimate of drug-likeness (QED) is 0.532. The molecule has 0 spiro atoms. The van der Waals surface area contributed by atoms with Crippen molar-refractivity contribution in [1.82, 2.24) is 0 Å². The van der Waals surface area contributed by atoms with E-state index in [1.807, 2.05) is 18.2 Å². The first-order valence-electron chi connectivity index (χ1n) is 7.58. The highest BCUT2D eigenvalue weighted by Crippen LogP contribution is 2.42. The molecule has 6 heteroatoms. The first-order chi connectivity index (χ1) is 11.9. The van der Waals surface area contributed by atoms with Crippen molar-refractivity contribution < 1.29 is 18.0 Å². The zero-order valence-corrected chi connectivity index (χ0v) is 14.1. The number of nitrogens with zero attached hydrogens (tertiary/aromatic N) is 1. The molecule has 5 nitrogen and oxygen atoms in total. The number of carbonyl (C=O) groups excluding carboxylic acids is 2. The van der Waals surface area contributed by atoms with Gasteiger partial charge in [-0.05, 0) is 17.2 Å². The van der Waals surface area contributed by atoms with E-state index in [2.05, 4.69) is 0 Å². The van der Waals surface area contributed by atoms with E-state index in [1.165, 1.54) is 0 Å². The van der Waals surface area contributed by atoms with E-state index in [9.17, 15) is 18.0 Å². The second kappa shape index (κ2) is 5.26. The molecule has 1 aliphatic carbocycles. The molecule has 1 aliphatic rings. The maximum atomic E-state index is 12.8. The van der Waals surface area contributed by atoms with Gasteiger partial charge in [0.25, 0.3) is 0 Å². The van der Waals surface area contributed by atoms with Gasteiger partial charge in [-0.15, -0.1) is 0 Å². The number of sulfonamides is 1. The normalized spacial score (nSPS) is 12.8. The van der Waals surface area contributed by atoms with Crippen LogP contribution in [0.15, 0.2) is 54.6 Å². The molecule has 0 radical (unpaired) electrons. The first kappa shape index (κ1) is 15.5. The Bertz CT molecular complexity index is 1170. The smallest absolute Gasteiger partial charge is 0.238 e. The number of anilines is 1. The maximum Gasteiger partial charge on any atom is 0.238 e. The number of hydrogen-bond acceptors (Lipinski definition) is 4. The molecule has 0 fully saturated rings. The molecule has 0 N–H and O–H groups in total. The molecule has 3 aromatic carbocycles. The van der Waals surface area contributed by atoms with Crippen LogP contribution in [0.4, 0.5) is 5.69 Å². The van der Waals surface area contributed by atoms with Crippen molar-refractivity contribution in [1.29, 1.82) is 0 Å². The Labute approximate surface area is 144 Å². The standard InChI is InChI=1S/C19H13NO4S/c1-25(23,24)20(11-21)17-10-9-13-12-5-2-3-6-14(12)19(22)16-8-4-7-15(17)18(13)16/h2-11H,1H3. The summed E-state index contributed by atoms with van der Waals surface area (Å²) in [5.74, 6) is -0.108. The third kappa shape index (κ3) is 2.18. The minimum atomic E-state index is -3.77. The number of benzene rings is 3. The van der Waals surface area contributed by atoms with Gasteiger partial charge in [-0.1, -0.05) is 48.5 Å². The topological polar surface area (TPSA) is 71.5 Å². The fourth-order valence-corrected chi connectivity index (χ4v) is 4.04. The number of ketones is 1. The Kier molecular flexibility index (Phi) is 3.27. The minimum Gasteiger partial charge on any atom is -0.289 e. The van der Waals surface area contributed by atoms with Crippen molar-refractivity contribution in [2.24, 2.45) is 0 Å². The summed E-state index contributed by atoms with van der Waals surface area (Å²) in [5, 5.41) is 1.22. The highest BCUT2D eigenvalue weighted by molar-refractivity contribution is 7.92. The van der Waals surface area contributed by atoms with Gasteiger partial charge in [-0.2, -0.15) is 0 Å². The average molecular weight is 351 g/mol. The molecule has 0 heterocycles. The van der Waals surface area contributed by atoms with Gasteiger partial charge in [0.05, 0.1) is 11.9 Å². The molecule has 25 heavy (non-hydrogen) atoms. The van der Waals surface area contributed by atoms with E-state index in [0.717, 1.165) is 17.4 Å². The summed E-state index contributed by atoms with van der Waals surface area (Å²) in [6.45, 7) is 0. The second-order valence-corrected chi connectivity index (χ2v) is 7.76. The Morgan fingerprint density at radius 2 is 1.52 bits per heavy atom. The van der Waals surface area contributed by atoms with Crippen molar-refractivity contribution in [2.75, 3.05) is 10.6 Å². The molecule has 0 bridgehead atoms. The third-order valence-corrected chi connectivity index (χ3v) is 5.41. The van der Waals surface area contributed by atoms with Crippen LogP contribution >= 0.6 is 0 Å². The summed E-state index contributed by atoms with van der Waals surface area (Å²) >= 11 is 0. The van der Waals surface area contributed by atoms with E-state index in [0.29, 0.717) is 26.2 Å². The van der Waals surface area contributed by atoms with Crippen molar-refractivity contribution >= 4 is 38.7 Å². The largest absolute Gasteiger partial charge is 0.289 e. The summed E-state index contributed by atoms with van der Waals surface area (Å²) in [4.78, 5) is 24.2. The van der Waals surface area contributed by atoms with Crippen molar-refractivity contribution in [3.05, 3.63) is 65.7 Å². The van der Waals surface area contributed by atoms with Crippen LogP contribution in [-0.4, -0.2) is 26.9 Å². The second-order valence-electron chi connectivity index (χ2n) is 5.90. The number of amides is 1. The molecule has 0 atom stereocenters.